The van der Waals surface area contributed by atoms with Gasteiger partial charge < -0.3 is 4.90 Å². The molecule has 4 heteroatoms. The van der Waals surface area contributed by atoms with Crippen molar-refractivity contribution in [3.63, 3.8) is 0 Å². The number of hydrogen-bond acceptors (Lipinski definition) is 3. The maximum absolute atomic E-state index is 12.9. The Bertz CT molecular complexity index is 558. The predicted molar refractivity (Wildman–Crippen MR) is 100 cm³/mol. The molecule has 2 atom stereocenters. The van der Waals surface area contributed by atoms with Gasteiger partial charge in [-0.15, -0.1) is 0 Å². The lowest BCUT2D eigenvalue weighted by Gasteiger charge is -2.33. The van der Waals surface area contributed by atoms with E-state index in [4.69, 9.17) is 0 Å². The fourth-order valence-electron chi connectivity index (χ4n) is 4.34. The van der Waals surface area contributed by atoms with Gasteiger partial charge in [-0.05, 0) is 48.7 Å². The molecule has 1 aromatic rings. The van der Waals surface area contributed by atoms with E-state index in [1.54, 1.807) is 0 Å². The van der Waals surface area contributed by atoms with E-state index in [2.05, 4.69) is 51.9 Å². The van der Waals surface area contributed by atoms with E-state index in [0.717, 1.165) is 38.5 Å². The van der Waals surface area contributed by atoms with E-state index in [-0.39, 0.29) is 5.92 Å². The molecule has 1 aromatic carbocycles. The van der Waals surface area contributed by atoms with Gasteiger partial charge in [0.15, 0.2) is 0 Å². The zero-order valence-corrected chi connectivity index (χ0v) is 15.2. The van der Waals surface area contributed by atoms with Crippen molar-refractivity contribution in [1.82, 2.24) is 9.80 Å². The first kappa shape index (κ1) is 16.5. The Morgan fingerprint density at radius 2 is 1.79 bits per heavy atom. The van der Waals surface area contributed by atoms with E-state index >= 15 is 0 Å². The molecule has 2 saturated heterocycles. The molecule has 3 nitrogen and oxygen atoms in total. The van der Waals surface area contributed by atoms with Gasteiger partial charge in [-0.25, -0.2) is 0 Å². The molecule has 0 N–H and O–H groups in total. The average Bonchev–Trinajstić information content (AvgIpc) is 3.46. The summed E-state index contributed by atoms with van der Waals surface area (Å²) in [6.07, 6.45) is 4.84. The molecule has 24 heavy (non-hydrogen) atoms. The second-order valence-electron chi connectivity index (χ2n) is 7.42. The highest BCUT2D eigenvalue weighted by molar-refractivity contribution is 7.99. The fourth-order valence-corrected chi connectivity index (χ4v) is 5.43. The van der Waals surface area contributed by atoms with Crippen LogP contribution in [0.1, 0.15) is 37.2 Å². The first-order valence-corrected chi connectivity index (χ1v) is 10.6. The van der Waals surface area contributed by atoms with Crippen molar-refractivity contribution in [2.24, 2.45) is 5.92 Å². The number of thioether (sulfide) groups is 1. The summed E-state index contributed by atoms with van der Waals surface area (Å²) in [5.74, 6) is 3.73. The minimum absolute atomic E-state index is 0.241. The third-order valence-corrected chi connectivity index (χ3v) is 6.93. The molecule has 1 aliphatic carbocycles. The number of rotatable bonds is 3. The number of carbonyl (C=O) groups excluding carboxylic acids is 1. The zero-order valence-electron chi connectivity index (χ0n) is 14.4. The van der Waals surface area contributed by atoms with Crippen LogP contribution in [-0.2, 0) is 4.79 Å². The molecule has 0 unspecified atom stereocenters. The van der Waals surface area contributed by atoms with Crippen LogP contribution in [0, 0.1) is 5.92 Å². The largest absolute Gasteiger partial charge is 0.341 e. The van der Waals surface area contributed by atoms with Crippen LogP contribution >= 0.6 is 11.8 Å². The zero-order chi connectivity index (χ0) is 16.4. The summed E-state index contributed by atoms with van der Waals surface area (Å²) in [5.41, 5.74) is 1.34. The van der Waals surface area contributed by atoms with Crippen LogP contribution < -0.4 is 0 Å². The van der Waals surface area contributed by atoms with Gasteiger partial charge >= 0.3 is 0 Å². The molecule has 0 bridgehead atoms. The maximum Gasteiger partial charge on any atom is 0.226 e. The molecule has 0 radical (unpaired) electrons. The van der Waals surface area contributed by atoms with Crippen LogP contribution in [0.5, 0.6) is 0 Å². The Kier molecular flexibility index (Phi) is 5.14. The fraction of sp³-hybridized carbons (Fsp3) is 0.650. The van der Waals surface area contributed by atoms with E-state index in [1.165, 1.54) is 36.5 Å². The van der Waals surface area contributed by atoms with Gasteiger partial charge in [-0.1, -0.05) is 30.3 Å². The molecule has 2 heterocycles. The van der Waals surface area contributed by atoms with Crippen molar-refractivity contribution >= 4 is 17.7 Å². The highest BCUT2D eigenvalue weighted by Gasteiger charge is 2.45. The Morgan fingerprint density at radius 1 is 1.00 bits per heavy atom. The molecule has 0 spiro atoms. The number of carbonyl (C=O) groups is 1. The monoisotopic (exact) mass is 344 g/mol. The van der Waals surface area contributed by atoms with E-state index in [9.17, 15) is 4.79 Å². The normalized spacial score (nSPS) is 29.2. The number of amides is 1. The molecule has 0 aromatic heterocycles. The van der Waals surface area contributed by atoms with Gasteiger partial charge in [-0.2, -0.15) is 11.8 Å². The smallest absolute Gasteiger partial charge is 0.226 e. The molecule has 130 valence electrons. The summed E-state index contributed by atoms with van der Waals surface area (Å²) < 4.78 is 0. The highest BCUT2D eigenvalue weighted by atomic mass is 32.2. The minimum atomic E-state index is 0.241. The van der Waals surface area contributed by atoms with Crippen molar-refractivity contribution in [3.05, 3.63) is 35.9 Å². The Morgan fingerprint density at radius 3 is 2.58 bits per heavy atom. The Balaban J connectivity index is 1.32. The Labute approximate surface area is 149 Å². The van der Waals surface area contributed by atoms with Gasteiger partial charge in [0.2, 0.25) is 5.91 Å². The van der Waals surface area contributed by atoms with Crippen molar-refractivity contribution in [2.45, 2.75) is 37.6 Å². The third-order valence-electron chi connectivity index (χ3n) is 5.88. The number of hydrogen-bond donors (Lipinski definition) is 0. The molecule has 3 fully saturated rings. The lowest BCUT2D eigenvalue weighted by Crippen LogP contribution is -2.41. The summed E-state index contributed by atoms with van der Waals surface area (Å²) in [4.78, 5) is 17.7. The molecule has 1 saturated carbocycles. The summed E-state index contributed by atoms with van der Waals surface area (Å²) in [6, 6.07) is 11.3. The minimum Gasteiger partial charge on any atom is -0.341 e. The standard InChI is InChI=1S/C20H28N2OS/c23-20(19-15-18(19)16-5-2-1-3-6-16)22-10-4-9-21(11-12-22)17-7-13-24-14-8-17/h1-3,5-6,17-19H,4,7-15H2/t18-,19+/m0/s1. The average molecular weight is 345 g/mol. The molecule has 1 amide bonds. The predicted octanol–water partition coefficient (Wildman–Crippen LogP) is 3.22. The molecular formula is C20H28N2OS. The van der Waals surface area contributed by atoms with Crippen LogP contribution in [0.4, 0.5) is 0 Å². The molecule has 3 aliphatic rings. The highest BCUT2D eigenvalue weighted by Crippen LogP contribution is 2.48. The summed E-state index contributed by atoms with van der Waals surface area (Å²) in [5, 5.41) is 0. The van der Waals surface area contributed by atoms with Crippen LogP contribution in [0.3, 0.4) is 0 Å². The summed E-state index contributed by atoms with van der Waals surface area (Å²) >= 11 is 2.09. The van der Waals surface area contributed by atoms with Crippen molar-refractivity contribution in [3.8, 4) is 0 Å². The van der Waals surface area contributed by atoms with Gasteiger partial charge in [0.1, 0.15) is 0 Å². The van der Waals surface area contributed by atoms with Gasteiger partial charge in [0.25, 0.3) is 0 Å². The van der Waals surface area contributed by atoms with Crippen molar-refractivity contribution in [2.75, 3.05) is 37.7 Å². The third kappa shape index (κ3) is 3.65. The number of nitrogens with zero attached hydrogens (tertiary/aromatic N) is 2. The molecular weight excluding hydrogens is 316 g/mol. The van der Waals surface area contributed by atoms with E-state index < -0.39 is 0 Å². The number of benzene rings is 1. The first-order chi connectivity index (χ1) is 11.8. The Hall–Kier alpha value is -1.00. The quantitative estimate of drug-likeness (QED) is 0.841. The first-order valence-electron chi connectivity index (χ1n) is 9.48. The van der Waals surface area contributed by atoms with E-state index in [1.807, 2.05) is 0 Å². The van der Waals surface area contributed by atoms with Crippen LogP contribution in [0.2, 0.25) is 0 Å². The van der Waals surface area contributed by atoms with Gasteiger partial charge in [0, 0.05) is 38.1 Å². The van der Waals surface area contributed by atoms with Gasteiger partial charge in [0.05, 0.1) is 0 Å². The van der Waals surface area contributed by atoms with Crippen LogP contribution in [0.25, 0.3) is 0 Å². The van der Waals surface area contributed by atoms with Crippen molar-refractivity contribution in [1.29, 1.82) is 0 Å². The lowest BCUT2D eigenvalue weighted by atomic mass is 10.1. The second kappa shape index (κ2) is 7.49. The lowest BCUT2D eigenvalue weighted by molar-refractivity contribution is -0.132. The van der Waals surface area contributed by atoms with Crippen LogP contribution in [-0.4, -0.2) is 59.4 Å². The van der Waals surface area contributed by atoms with Gasteiger partial charge in [-0.3, -0.25) is 9.69 Å². The second-order valence-corrected chi connectivity index (χ2v) is 8.64. The molecule has 4 rings (SSSR count). The van der Waals surface area contributed by atoms with Crippen LogP contribution in [0.15, 0.2) is 30.3 Å². The topological polar surface area (TPSA) is 23.6 Å². The molecule has 2 aliphatic heterocycles. The summed E-state index contributed by atoms with van der Waals surface area (Å²) in [7, 11) is 0. The van der Waals surface area contributed by atoms with Crippen molar-refractivity contribution < 1.29 is 4.79 Å². The SMILES string of the molecule is O=C([C@@H]1C[C@H]1c1ccccc1)N1CCCN(C2CCSCC2)CC1. The maximum atomic E-state index is 12.9. The van der Waals surface area contributed by atoms with E-state index in [0.29, 0.717) is 11.8 Å². The summed E-state index contributed by atoms with van der Waals surface area (Å²) in [6.45, 7) is 4.13.